The number of aromatic nitrogens is 3. The fourth-order valence-corrected chi connectivity index (χ4v) is 5.57. The van der Waals surface area contributed by atoms with Gasteiger partial charge >= 0.3 is 12.4 Å². The number of benzene rings is 3. The van der Waals surface area contributed by atoms with Gasteiger partial charge in [0, 0.05) is 19.2 Å². The summed E-state index contributed by atoms with van der Waals surface area (Å²) >= 11 is 1.26. The van der Waals surface area contributed by atoms with Gasteiger partial charge in [0.1, 0.15) is 12.1 Å². The van der Waals surface area contributed by atoms with E-state index in [0.717, 1.165) is 27.9 Å². The molecular formula is C32H31F3N6O3S. The summed E-state index contributed by atoms with van der Waals surface area (Å²) in [5.74, 6) is 0.444. The van der Waals surface area contributed by atoms with Crippen LogP contribution in [0.15, 0.2) is 78.0 Å². The lowest BCUT2D eigenvalue weighted by atomic mass is 9.99. The molecule has 234 valence electrons. The van der Waals surface area contributed by atoms with Gasteiger partial charge in [0.05, 0.1) is 17.1 Å². The van der Waals surface area contributed by atoms with Crippen LogP contribution in [-0.4, -0.2) is 62.5 Å². The fraction of sp³-hybridized carbons (Fsp3) is 0.281. The Morgan fingerprint density at radius 1 is 1.09 bits per heavy atom. The quantitative estimate of drug-likeness (QED) is 0.207. The summed E-state index contributed by atoms with van der Waals surface area (Å²) in [6, 6.07) is 18.5. The molecule has 0 saturated carbocycles. The lowest BCUT2D eigenvalue weighted by Gasteiger charge is -2.23. The molecule has 0 spiro atoms. The SMILES string of the molecule is Cc1ccc(C(C)C)c(N2C(=O)CSC2=NC(=O)N(C)CCc2ccc(-c3ncn(-c4ccc(OC(F)(F)F)cc4)n3)cc2)c1. The zero-order valence-corrected chi connectivity index (χ0v) is 25.9. The molecule has 1 aliphatic heterocycles. The second kappa shape index (κ2) is 13.1. The van der Waals surface area contributed by atoms with E-state index in [1.165, 1.54) is 51.9 Å². The molecule has 9 nitrogen and oxygen atoms in total. The highest BCUT2D eigenvalue weighted by Crippen LogP contribution is 2.34. The van der Waals surface area contributed by atoms with Gasteiger partial charge in [-0.15, -0.1) is 18.3 Å². The maximum Gasteiger partial charge on any atom is 0.573 e. The molecule has 1 aliphatic rings. The number of carbonyl (C=O) groups is 2. The summed E-state index contributed by atoms with van der Waals surface area (Å²) in [7, 11) is 1.68. The molecule has 0 atom stereocenters. The topological polar surface area (TPSA) is 92.9 Å². The monoisotopic (exact) mass is 636 g/mol. The van der Waals surface area contributed by atoms with Crippen LogP contribution in [0, 0.1) is 6.92 Å². The van der Waals surface area contributed by atoms with E-state index in [4.69, 9.17) is 0 Å². The number of amidine groups is 1. The normalized spacial score (nSPS) is 14.4. The standard InChI is InChI=1S/C32H31F3N6O3S/c1-20(2)26-14-5-21(3)17-27(26)41-28(42)18-45-31(41)37-30(43)39(4)16-15-22-6-8-23(9-7-22)29-36-19-40(38-29)24-10-12-25(13-11-24)44-32(33,34)35/h5-14,17,19-20H,15-16,18H2,1-4H3. The van der Waals surface area contributed by atoms with Gasteiger partial charge in [-0.3, -0.25) is 9.69 Å². The first-order chi connectivity index (χ1) is 21.4. The fourth-order valence-electron chi connectivity index (χ4n) is 4.72. The molecule has 3 amide bonds. The van der Waals surface area contributed by atoms with Gasteiger partial charge in [-0.2, -0.15) is 4.99 Å². The number of ether oxygens (including phenoxy) is 1. The molecule has 2 heterocycles. The summed E-state index contributed by atoms with van der Waals surface area (Å²) < 4.78 is 42.6. The number of likely N-dealkylation sites (N-methyl/N-ethyl adjacent to an activating group) is 1. The van der Waals surface area contributed by atoms with E-state index in [0.29, 0.717) is 29.6 Å². The highest BCUT2D eigenvalue weighted by molar-refractivity contribution is 8.15. The van der Waals surface area contributed by atoms with Crippen molar-refractivity contribution in [3.63, 3.8) is 0 Å². The van der Waals surface area contributed by atoms with Gasteiger partial charge in [-0.25, -0.2) is 14.5 Å². The van der Waals surface area contributed by atoms with Crippen molar-refractivity contribution in [2.75, 3.05) is 24.2 Å². The molecular weight excluding hydrogens is 605 g/mol. The molecule has 1 saturated heterocycles. The first-order valence-electron chi connectivity index (χ1n) is 14.1. The van der Waals surface area contributed by atoms with Gasteiger partial charge in [0.15, 0.2) is 11.0 Å². The minimum Gasteiger partial charge on any atom is -0.406 e. The predicted molar refractivity (Wildman–Crippen MR) is 168 cm³/mol. The second-order valence-corrected chi connectivity index (χ2v) is 11.8. The zero-order chi connectivity index (χ0) is 32.3. The van der Waals surface area contributed by atoms with Crippen LogP contribution >= 0.6 is 11.8 Å². The molecule has 1 aromatic heterocycles. The molecule has 13 heteroatoms. The van der Waals surface area contributed by atoms with Crippen molar-refractivity contribution in [3.05, 3.63) is 89.7 Å². The number of thioether (sulfide) groups is 1. The Morgan fingerprint density at radius 2 is 1.80 bits per heavy atom. The highest BCUT2D eigenvalue weighted by atomic mass is 32.2. The largest absolute Gasteiger partial charge is 0.573 e. The van der Waals surface area contributed by atoms with Crippen molar-refractivity contribution in [1.29, 1.82) is 0 Å². The first-order valence-corrected chi connectivity index (χ1v) is 15.1. The number of carbonyl (C=O) groups excluding carboxylic acids is 2. The number of aliphatic imine (C=N–C) groups is 1. The molecule has 0 bridgehead atoms. The number of halogens is 3. The Kier molecular flexibility index (Phi) is 9.28. The van der Waals surface area contributed by atoms with Crippen molar-refractivity contribution in [2.45, 2.75) is 39.5 Å². The van der Waals surface area contributed by atoms with Crippen LogP contribution in [0.3, 0.4) is 0 Å². The Hall–Kier alpha value is -4.65. The van der Waals surface area contributed by atoms with Crippen LogP contribution in [0.5, 0.6) is 5.75 Å². The van der Waals surface area contributed by atoms with Gasteiger partial charge < -0.3 is 9.64 Å². The number of hydrogen-bond donors (Lipinski definition) is 0. The number of anilines is 1. The maximum absolute atomic E-state index is 13.0. The van der Waals surface area contributed by atoms with Crippen LogP contribution in [0.25, 0.3) is 17.1 Å². The van der Waals surface area contributed by atoms with Crippen LogP contribution in [0.1, 0.15) is 36.5 Å². The smallest absolute Gasteiger partial charge is 0.406 e. The summed E-state index contributed by atoms with van der Waals surface area (Å²) in [5.41, 5.74) is 5.07. The predicted octanol–water partition coefficient (Wildman–Crippen LogP) is 7.00. The van der Waals surface area contributed by atoms with Crippen LogP contribution < -0.4 is 9.64 Å². The molecule has 0 unspecified atom stereocenters. The average Bonchev–Trinajstić information content (AvgIpc) is 3.62. The summed E-state index contributed by atoms with van der Waals surface area (Å²) in [5, 5.41) is 4.81. The van der Waals surface area contributed by atoms with Crippen LogP contribution in [0.4, 0.5) is 23.7 Å². The van der Waals surface area contributed by atoms with Crippen molar-refractivity contribution in [2.24, 2.45) is 4.99 Å². The van der Waals surface area contributed by atoms with Gasteiger partial charge in [-0.1, -0.05) is 62.0 Å². The number of aryl methyl sites for hydroxylation is 1. The number of nitrogens with zero attached hydrogens (tertiary/aromatic N) is 6. The van der Waals surface area contributed by atoms with E-state index < -0.39 is 12.4 Å². The number of rotatable bonds is 8. The van der Waals surface area contributed by atoms with Crippen LogP contribution in [0.2, 0.25) is 0 Å². The number of hydrogen-bond acceptors (Lipinski definition) is 6. The summed E-state index contributed by atoms with van der Waals surface area (Å²) in [6.07, 6.45) is -2.71. The van der Waals surface area contributed by atoms with Gasteiger partial charge in [-0.05, 0) is 66.3 Å². The molecule has 0 radical (unpaired) electrons. The molecule has 45 heavy (non-hydrogen) atoms. The Labute approximate surface area is 262 Å². The Balaban J connectivity index is 1.20. The molecule has 0 aliphatic carbocycles. The second-order valence-electron chi connectivity index (χ2n) is 10.8. The third-order valence-corrected chi connectivity index (χ3v) is 8.03. The highest BCUT2D eigenvalue weighted by Gasteiger charge is 2.33. The third kappa shape index (κ3) is 7.72. The molecule has 5 rings (SSSR count). The van der Waals surface area contributed by atoms with Crippen molar-refractivity contribution >= 4 is 34.6 Å². The Bertz CT molecular complexity index is 1720. The van der Waals surface area contributed by atoms with E-state index in [-0.39, 0.29) is 23.3 Å². The van der Waals surface area contributed by atoms with Crippen molar-refractivity contribution in [1.82, 2.24) is 19.7 Å². The molecule has 0 N–H and O–H groups in total. The summed E-state index contributed by atoms with van der Waals surface area (Å²) in [6.45, 7) is 6.51. The lowest BCUT2D eigenvalue weighted by molar-refractivity contribution is -0.274. The van der Waals surface area contributed by atoms with Crippen LogP contribution in [-0.2, 0) is 11.2 Å². The minimum absolute atomic E-state index is 0.102. The first kappa shape index (κ1) is 31.8. The van der Waals surface area contributed by atoms with E-state index in [2.05, 4.69) is 33.7 Å². The van der Waals surface area contributed by atoms with E-state index in [1.807, 2.05) is 49.4 Å². The van der Waals surface area contributed by atoms with E-state index >= 15 is 0 Å². The number of urea groups is 1. The third-order valence-electron chi connectivity index (χ3n) is 7.11. The zero-order valence-electron chi connectivity index (χ0n) is 25.1. The van der Waals surface area contributed by atoms with Crippen molar-refractivity contribution in [3.8, 4) is 22.8 Å². The van der Waals surface area contributed by atoms with Gasteiger partial charge in [0.2, 0.25) is 5.91 Å². The van der Waals surface area contributed by atoms with Crippen molar-refractivity contribution < 1.29 is 27.5 Å². The minimum atomic E-state index is -4.76. The average molecular weight is 637 g/mol. The van der Waals surface area contributed by atoms with Gasteiger partial charge in [0.25, 0.3) is 0 Å². The molecule has 4 aromatic rings. The lowest BCUT2D eigenvalue weighted by Crippen LogP contribution is -2.33. The molecule has 3 aromatic carbocycles. The van der Waals surface area contributed by atoms with E-state index in [9.17, 15) is 22.8 Å². The Morgan fingerprint density at radius 3 is 2.47 bits per heavy atom. The van der Waals surface area contributed by atoms with E-state index in [1.54, 1.807) is 11.9 Å². The number of amides is 3. The summed E-state index contributed by atoms with van der Waals surface area (Å²) in [4.78, 5) is 37.6. The number of alkyl halides is 3. The molecule has 1 fully saturated rings. The maximum atomic E-state index is 13.0.